The zero-order valence-electron chi connectivity index (χ0n) is 25.8. The Bertz CT molecular complexity index is 1660. The number of ether oxygens (including phenoxy) is 3. The minimum absolute atomic E-state index is 0.138. The van der Waals surface area contributed by atoms with E-state index >= 15 is 0 Å². The molecule has 1 aliphatic heterocycles. The number of hydrogen-bond acceptors (Lipinski definition) is 13. The first-order valence-electron chi connectivity index (χ1n) is 14.7. The molecule has 258 valence electrons. The van der Waals surface area contributed by atoms with Crippen LogP contribution in [0.3, 0.4) is 0 Å². The molecule has 0 spiro atoms. The van der Waals surface area contributed by atoms with Crippen LogP contribution in [-0.4, -0.2) is 77.9 Å². The third-order valence-electron chi connectivity index (χ3n) is 6.98. The molecule has 17 heteroatoms. The summed E-state index contributed by atoms with van der Waals surface area (Å²) in [5.41, 5.74) is 3.48. The molecule has 0 bridgehead atoms. The van der Waals surface area contributed by atoms with Gasteiger partial charge in [0.05, 0.1) is 6.21 Å². The van der Waals surface area contributed by atoms with Gasteiger partial charge in [0.1, 0.15) is 17.2 Å². The van der Waals surface area contributed by atoms with E-state index in [1.807, 2.05) is 60.7 Å². The van der Waals surface area contributed by atoms with Gasteiger partial charge in [-0.05, 0) is 42.0 Å². The Hall–Kier alpha value is -3.22. The predicted molar refractivity (Wildman–Crippen MR) is 192 cm³/mol. The molecule has 48 heavy (non-hydrogen) atoms. The fourth-order valence-corrected chi connectivity index (χ4v) is 7.81. The predicted octanol–water partition coefficient (Wildman–Crippen LogP) is 4.04. The summed E-state index contributed by atoms with van der Waals surface area (Å²) >= 11 is 5.56. The molecule has 0 fully saturated rings. The van der Waals surface area contributed by atoms with Crippen molar-refractivity contribution in [1.82, 2.24) is 9.68 Å². The van der Waals surface area contributed by atoms with Crippen LogP contribution in [0.15, 0.2) is 102 Å². The molecule has 4 aromatic rings. The summed E-state index contributed by atoms with van der Waals surface area (Å²) in [4.78, 5) is 57.6. The van der Waals surface area contributed by atoms with Gasteiger partial charge in [-0.1, -0.05) is 36.4 Å². The van der Waals surface area contributed by atoms with Gasteiger partial charge >= 0.3 is 158 Å². The van der Waals surface area contributed by atoms with Crippen LogP contribution >= 0.6 is 23.0 Å². The molecule has 1 unspecified atom stereocenters. The van der Waals surface area contributed by atoms with E-state index in [9.17, 15) is 29.4 Å². The molecule has 0 saturated carbocycles. The van der Waals surface area contributed by atoms with Crippen LogP contribution in [0, 0.1) is 0 Å². The average molecular weight is 738 g/mol. The van der Waals surface area contributed by atoms with Gasteiger partial charge in [-0.15, -0.1) is 0 Å². The van der Waals surface area contributed by atoms with Crippen molar-refractivity contribution in [1.29, 1.82) is 0 Å². The van der Waals surface area contributed by atoms with Crippen molar-refractivity contribution in [3.63, 3.8) is 0 Å². The SMILES string of the molecule is CN(/N=C/c1ccc(OC2Oc3ccccc3-c3ccccc3O2)cc1)[PH](=S)Oc1ccc(CCN(C[PH](O)(O)O)C[PH](O)(O)O)cc1. The molecule has 1 heterocycles. The summed E-state index contributed by atoms with van der Waals surface area (Å²) in [6, 6.07) is 29.7. The molecule has 6 N–H and O–H groups in total. The zero-order valence-corrected chi connectivity index (χ0v) is 29.6. The molecular weight excluding hydrogens is 699 g/mol. The van der Waals surface area contributed by atoms with E-state index < -0.39 is 42.0 Å². The summed E-state index contributed by atoms with van der Waals surface area (Å²) in [5, 5.41) is 4.44. The van der Waals surface area contributed by atoms with Crippen molar-refractivity contribution in [3.8, 4) is 34.1 Å². The third kappa shape index (κ3) is 10.9. The van der Waals surface area contributed by atoms with E-state index in [0.717, 1.165) is 22.3 Å². The Labute approximate surface area is 284 Å². The topological polar surface area (TPSA) is 177 Å². The minimum atomic E-state index is -4.50. The Balaban J connectivity index is 1.12. The monoisotopic (exact) mass is 737 g/mol. The summed E-state index contributed by atoms with van der Waals surface area (Å²) in [6.45, 7) is -0.850. The zero-order chi connectivity index (χ0) is 34.3. The van der Waals surface area contributed by atoms with Crippen molar-refractivity contribution in [2.75, 3.05) is 26.2 Å². The molecule has 0 amide bonds. The van der Waals surface area contributed by atoms with E-state index in [1.54, 1.807) is 54.4 Å². The number of hydrogen-bond donors (Lipinski definition) is 6. The van der Waals surface area contributed by atoms with E-state index in [-0.39, 0.29) is 6.54 Å². The first-order chi connectivity index (χ1) is 22.8. The second-order valence-electron chi connectivity index (χ2n) is 11.0. The van der Waals surface area contributed by atoms with Crippen molar-refractivity contribution in [2.45, 2.75) is 12.9 Å². The molecule has 1 aliphatic rings. The Morgan fingerprint density at radius 3 is 1.83 bits per heavy atom. The van der Waals surface area contributed by atoms with Crippen molar-refractivity contribution >= 4 is 41.0 Å². The van der Waals surface area contributed by atoms with Gasteiger partial charge in [-0.2, -0.15) is 0 Å². The molecule has 0 radical (unpaired) electrons. The van der Waals surface area contributed by atoms with Crippen molar-refractivity contribution < 1.29 is 48.1 Å². The Morgan fingerprint density at radius 1 is 0.771 bits per heavy atom. The number of benzene rings is 4. The van der Waals surface area contributed by atoms with Gasteiger partial charge in [0.25, 0.3) is 0 Å². The standard InChI is InChI=1S/C31H38N3O10P3S/c1-33(45(48)44-26-16-10-23(11-17-26)18-19-34(21-46(35,36)37)22-47(38,39)40)32-20-24-12-14-25(15-13-24)41-31-42-29-8-4-2-6-27(29)28-7-3-5-9-30(28)43-31/h2-17,20,31,35-40,45-47H,18-19,21-22H2,1H3/b32-20+. The fourth-order valence-electron chi connectivity index (χ4n) is 4.80. The number of fused-ring (bicyclic) bond motifs is 3. The molecule has 1 atom stereocenters. The third-order valence-corrected chi connectivity index (χ3v) is 10.8. The molecule has 5 rings (SSSR count). The molecule has 0 saturated heterocycles. The van der Waals surface area contributed by atoms with Crippen molar-refractivity contribution in [3.05, 3.63) is 108 Å². The van der Waals surface area contributed by atoms with Crippen LogP contribution < -0.4 is 18.7 Å². The molecule has 0 aromatic heterocycles. The number of hydrazone groups is 1. The van der Waals surface area contributed by atoms with Gasteiger partial charge in [-0.25, -0.2) is 0 Å². The second-order valence-corrected chi connectivity index (χ2v) is 17.2. The van der Waals surface area contributed by atoms with Gasteiger partial charge < -0.3 is 14.2 Å². The van der Waals surface area contributed by atoms with Gasteiger partial charge in [-0.3, -0.25) is 0 Å². The molecule has 4 aromatic carbocycles. The average Bonchev–Trinajstić information content (AvgIpc) is 3.18. The fraction of sp³-hybridized carbons (Fsp3) is 0.194. The van der Waals surface area contributed by atoms with E-state index in [0.29, 0.717) is 29.4 Å². The Kier molecular flexibility index (Phi) is 12.0. The number of nitrogens with zero attached hydrogens (tertiary/aromatic N) is 3. The second kappa shape index (κ2) is 16.0. The van der Waals surface area contributed by atoms with E-state index in [1.165, 1.54) is 4.90 Å². The number of para-hydroxylation sites is 2. The van der Waals surface area contributed by atoms with Crippen LogP contribution in [0.5, 0.6) is 23.0 Å². The summed E-state index contributed by atoms with van der Waals surface area (Å²) in [7, 11) is -9.22. The van der Waals surface area contributed by atoms with Crippen LogP contribution in [-0.2, 0) is 18.2 Å². The quantitative estimate of drug-likeness (QED) is 0.0622. The van der Waals surface area contributed by atoms with Crippen LogP contribution in [0.2, 0.25) is 0 Å². The summed E-state index contributed by atoms with van der Waals surface area (Å²) in [5.74, 6) is 2.40. The first-order valence-corrected chi connectivity index (χ1v) is 21.3. The van der Waals surface area contributed by atoms with E-state index in [4.69, 9.17) is 30.5 Å². The normalized spacial score (nSPS) is 14.7. The van der Waals surface area contributed by atoms with E-state index in [2.05, 4.69) is 5.10 Å². The molecule has 0 aliphatic carbocycles. The maximum atomic E-state index is 9.40. The molecular formula is C31H38N3O10P3S. The maximum absolute atomic E-state index is 9.40. The van der Waals surface area contributed by atoms with Gasteiger partial charge in [0, 0.05) is 11.1 Å². The Morgan fingerprint density at radius 2 is 1.29 bits per heavy atom. The number of rotatable bonds is 14. The summed E-state index contributed by atoms with van der Waals surface area (Å²) in [6.07, 6.45) is 0.909. The molecule has 13 nitrogen and oxygen atoms in total. The van der Waals surface area contributed by atoms with Crippen LogP contribution in [0.4, 0.5) is 0 Å². The first kappa shape index (κ1) is 36.1. The van der Waals surface area contributed by atoms with Crippen LogP contribution in [0.1, 0.15) is 11.1 Å². The van der Waals surface area contributed by atoms with Gasteiger partial charge in [0.2, 0.25) is 0 Å². The van der Waals surface area contributed by atoms with Crippen LogP contribution in [0.25, 0.3) is 11.1 Å². The van der Waals surface area contributed by atoms with Gasteiger partial charge in [0.15, 0.2) is 0 Å². The summed E-state index contributed by atoms with van der Waals surface area (Å²) < 4.78 is 25.6. The van der Waals surface area contributed by atoms with Crippen molar-refractivity contribution in [2.24, 2.45) is 5.10 Å².